The van der Waals surface area contributed by atoms with E-state index in [0.717, 1.165) is 16.6 Å². The molecule has 0 amide bonds. The van der Waals surface area contributed by atoms with E-state index in [-0.39, 0.29) is 12.0 Å². The summed E-state index contributed by atoms with van der Waals surface area (Å²) >= 11 is 3.41. The second kappa shape index (κ2) is 7.11. The van der Waals surface area contributed by atoms with Gasteiger partial charge in [-0.2, -0.15) is 5.10 Å². The fourth-order valence-corrected chi connectivity index (χ4v) is 2.85. The van der Waals surface area contributed by atoms with Crippen LogP contribution in [0.1, 0.15) is 30.6 Å². The van der Waals surface area contributed by atoms with Crippen LogP contribution in [0.25, 0.3) is 0 Å². The van der Waals surface area contributed by atoms with Crippen molar-refractivity contribution in [2.24, 2.45) is 5.84 Å². The Labute approximate surface area is 130 Å². The van der Waals surface area contributed by atoms with Crippen molar-refractivity contribution < 1.29 is 8.78 Å². The third kappa shape index (κ3) is 3.48. The van der Waals surface area contributed by atoms with E-state index in [9.17, 15) is 8.78 Å². The highest BCUT2D eigenvalue weighted by molar-refractivity contribution is 9.10. The van der Waals surface area contributed by atoms with Gasteiger partial charge in [0.05, 0.1) is 22.4 Å². The van der Waals surface area contributed by atoms with E-state index in [1.54, 1.807) is 10.9 Å². The van der Waals surface area contributed by atoms with Crippen molar-refractivity contribution in [3.05, 3.63) is 51.8 Å². The van der Waals surface area contributed by atoms with Gasteiger partial charge in [-0.1, -0.05) is 13.0 Å². The lowest BCUT2D eigenvalue weighted by Gasteiger charge is -2.19. The summed E-state index contributed by atoms with van der Waals surface area (Å²) in [5.74, 6) is 4.44. The molecule has 2 rings (SSSR count). The number of hydrazine groups is 1. The van der Waals surface area contributed by atoms with E-state index in [1.165, 1.54) is 18.2 Å². The maximum atomic E-state index is 13.8. The number of halogens is 3. The minimum Gasteiger partial charge on any atom is -0.271 e. The Balaban J connectivity index is 2.35. The predicted molar refractivity (Wildman–Crippen MR) is 80.3 cm³/mol. The summed E-state index contributed by atoms with van der Waals surface area (Å²) < 4.78 is 30.1. The molecule has 4 nitrogen and oxygen atoms in total. The van der Waals surface area contributed by atoms with Crippen LogP contribution in [0.15, 0.2) is 28.9 Å². The summed E-state index contributed by atoms with van der Waals surface area (Å²) in [6, 6.07) is 3.38. The first-order valence-electron chi connectivity index (χ1n) is 6.68. The highest BCUT2D eigenvalue weighted by Crippen LogP contribution is 2.27. The molecule has 0 aliphatic carbocycles. The van der Waals surface area contributed by atoms with E-state index < -0.39 is 17.7 Å². The Hall–Kier alpha value is -1.31. The third-order valence-electron chi connectivity index (χ3n) is 3.27. The molecule has 0 radical (unpaired) electrons. The monoisotopic (exact) mass is 358 g/mol. The number of nitrogens with two attached hydrogens (primary N) is 1. The first-order chi connectivity index (χ1) is 10.1. The standard InChI is InChI=1S/C14H17BrF2N4/c1-2-6-21-14(10(15)8-19-21)13(20-18)7-9-11(16)4-3-5-12(9)17/h3-5,8,13,20H,2,6-7,18H2,1H3. The predicted octanol–water partition coefficient (Wildman–Crippen LogP) is 3.08. The van der Waals surface area contributed by atoms with Crippen LogP contribution in [0, 0.1) is 11.6 Å². The molecule has 1 unspecified atom stereocenters. The molecule has 0 spiro atoms. The molecule has 0 saturated heterocycles. The average Bonchev–Trinajstić information content (AvgIpc) is 2.81. The minimum absolute atomic E-state index is 0.0107. The van der Waals surface area contributed by atoms with Crippen LogP contribution in [0.3, 0.4) is 0 Å². The number of nitrogens with one attached hydrogen (secondary N) is 1. The first-order valence-corrected chi connectivity index (χ1v) is 7.48. The van der Waals surface area contributed by atoms with Gasteiger partial charge >= 0.3 is 0 Å². The topological polar surface area (TPSA) is 55.9 Å². The number of nitrogens with zero attached hydrogens (tertiary/aromatic N) is 2. The lowest BCUT2D eigenvalue weighted by Crippen LogP contribution is -2.32. The molecule has 1 heterocycles. The van der Waals surface area contributed by atoms with Gasteiger partial charge in [-0.15, -0.1) is 0 Å². The molecule has 7 heteroatoms. The summed E-state index contributed by atoms with van der Waals surface area (Å²) in [7, 11) is 0. The lowest BCUT2D eigenvalue weighted by atomic mass is 10.0. The van der Waals surface area contributed by atoms with Crippen LogP contribution < -0.4 is 11.3 Å². The van der Waals surface area contributed by atoms with Gasteiger partial charge in [0.2, 0.25) is 0 Å². The lowest BCUT2D eigenvalue weighted by molar-refractivity contribution is 0.457. The third-order valence-corrected chi connectivity index (χ3v) is 3.88. The number of aromatic nitrogens is 2. The molecular weight excluding hydrogens is 342 g/mol. The number of aryl methyl sites for hydroxylation is 1. The molecule has 0 aliphatic rings. The van der Waals surface area contributed by atoms with Gasteiger partial charge in [0.1, 0.15) is 11.6 Å². The van der Waals surface area contributed by atoms with Crippen molar-refractivity contribution in [2.75, 3.05) is 0 Å². The highest BCUT2D eigenvalue weighted by atomic mass is 79.9. The van der Waals surface area contributed by atoms with E-state index >= 15 is 0 Å². The molecule has 0 bridgehead atoms. The zero-order valence-corrected chi connectivity index (χ0v) is 13.2. The van der Waals surface area contributed by atoms with Gasteiger partial charge in [-0.05, 0) is 34.5 Å². The SMILES string of the molecule is CCCn1ncc(Br)c1C(Cc1c(F)cccc1F)NN. The molecule has 0 fully saturated rings. The summed E-state index contributed by atoms with van der Waals surface area (Å²) in [6.07, 6.45) is 2.66. The quantitative estimate of drug-likeness (QED) is 0.616. The van der Waals surface area contributed by atoms with Gasteiger partial charge in [0.15, 0.2) is 0 Å². The van der Waals surface area contributed by atoms with Crippen molar-refractivity contribution in [2.45, 2.75) is 32.4 Å². The van der Waals surface area contributed by atoms with Crippen LogP contribution in [0.5, 0.6) is 0 Å². The minimum atomic E-state index is -0.576. The molecule has 2 aromatic rings. The van der Waals surface area contributed by atoms with Gasteiger partial charge in [-0.3, -0.25) is 16.0 Å². The molecule has 0 aliphatic heterocycles. The van der Waals surface area contributed by atoms with Crippen LogP contribution in [0.2, 0.25) is 0 Å². The van der Waals surface area contributed by atoms with Crippen molar-refractivity contribution in [3.63, 3.8) is 0 Å². The smallest absolute Gasteiger partial charge is 0.129 e. The van der Waals surface area contributed by atoms with E-state index in [2.05, 4.69) is 26.5 Å². The second-order valence-corrected chi connectivity index (χ2v) is 5.58. The van der Waals surface area contributed by atoms with Gasteiger partial charge in [0.25, 0.3) is 0 Å². The van der Waals surface area contributed by atoms with Gasteiger partial charge in [0, 0.05) is 18.5 Å². The van der Waals surface area contributed by atoms with E-state index in [1.807, 2.05) is 6.92 Å². The molecule has 1 atom stereocenters. The first kappa shape index (κ1) is 16.1. The molecule has 3 N–H and O–H groups in total. The average molecular weight is 359 g/mol. The maximum Gasteiger partial charge on any atom is 0.129 e. The number of hydrogen-bond donors (Lipinski definition) is 2. The summed E-state index contributed by atoms with van der Waals surface area (Å²) in [4.78, 5) is 0. The Morgan fingerprint density at radius 3 is 2.62 bits per heavy atom. The number of hydrogen-bond acceptors (Lipinski definition) is 3. The summed E-state index contributed by atoms with van der Waals surface area (Å²) in [6.45, 7) is 2.74. The van der Waals surface area contributed by atoms with Crippen LogP contribution >= 0.6 is 15.9 Å². The Bertz CT molecular complexity index is 595. The second-order valence-electron chi connectivity index (χ2n) is 4.72. The molecule has 0 saturated carbocycles. The van der Waals surface area contributed by atoms with Crippen LogP contribution in [-0.2, 0) is 13.0 Å². The summed E-state index contributed by atoms with van der Waals surface area (Å²) in [5.41, 5.74) is 3.41. The Morgan fingerprint density at radius 1 is 1.38 bits per heavy atom. The fourth-order valence-electron chi connectivity index (χ4n) is 2.27. The van der Waals surface area contributed by atoms with E-state index in [4.69, 9.17) is 5.84 Å². The largest absolute Gasteiger partial charge is 0.271 e. The fraction of sp³-hybridized carbons (Fsp3) is 0.357. The van der Waals surface area contributed by atoms with Crippen molar-refractivity contribution >= 4 is 15.9 Å². The van der Waals surface area contributed by atoms with Gasteiger partial charge in [-0.25, -0.2) is 8.78 Å². The highest BCUT2D eigenvalue weighted by Gasteiger charge is 2.22. The van der Waals surface area contributed by atoms with Gasteiger partial charge < -0.3 is 0 Å². The molecular formula is C14H17BrF2N4. The Kier molecular flexibility index (Phi) is 5.44. The molecule has 1 aromatic carbocycles. The van der Waals surface area contributed by atoms with Crippen LogP contribution in [-0.4, -0.2) is 9.78 Å². The molecule has 21 heavy (non-hydrogen) atoms. The normalized spacial score (nSPS) is 12.6. The summed E-state index contributed by atoms with van der Waals surface area (Å²) in [5, 5.41) is 4.25. The molecule has 1 aromatic heterocycles. The zero-order valence-electron chi connectivity index (χ0n) is 11.6. The Morgan fingerprint density at radius 2 is 2.05 bits per heavy atom. The number of rotatable bonds is 6. The van der Waals surface area contributed by atoms with E-state index in [0.29, 0.717) is 6.54 Å². The van der Waals surface area contributed by atoms with Crippen molar-refractivity contribution in [1.82, 2.24) is 15.2 Å². The molecule has 114 valence electrons. The zero-order chi connectivity index (χ0) is 15.4. The van der Waals surface area contributed by atoms with Crippen LogP contribution in [0.4, 0.5) is 8.78 Å². The van der Waals surface area contributed by atoms with Crippen molar-refractivity contribution in [3.8, 4) is 0 Å². The maximum absolute atomic E-state index is 13.8. The van der Waals surface area contributed by atoms with Crippen molar-refractivity contribution in [1.29, 1.82) is 0 Å². The number of benzene rings is 1.